The minimum absolute atomic E-state index is 0.0642. The molecule has 0 saturated heterocycles. The highest BCUT2D eigenvalue weighted by Gasteiger charge is 2.19. The van der Waals surface area contributed by atoms with Crippen LogP contribution in [0, 0.1) is 0 Å². The van der Waals surface area contributed by atoms with Gasteiger partial charge < -0.3 is 5.11 Å². The molecule has 4 aromatic rings. The highest BCUT2D eigenvalue weighted by atomic mass is 32.1. The van der Waals surface area contributed by atoms with E-state index in [0.29, 0.717) is 27.2 Å². The summed E-state index contributed by atoms with van der Waals surface area (Å²) in [6.45, 7) is 1.72. The van der Waals surface area contributed by atoms with Gasteiger partial charge in [0.25, 0.3) is 5.56 Å². The van der Waals surface area contributed by atoms with E-state index >= 15 is 0 Å². The number of aromatic hydroxyl groups is 1. The lowest BCUT2D eigenvalue weighted by molar-refractivity contribution is 0.478. The maximum absolute atomic E-state index is 13.4. The molecule has 4 nitrogen and oxygen atoms in total. The van der Waals surface area contributed by atoms with Gasteiger partial charge in [0, 0.05) is 16.0 Å². The van der Waals surface area contributed by atoms with E-state index in [1.54, 1.807) is 17.6 Å². The van der Waals surface area contributed by atoms with Crippen LogP contribution in [0.15, 0.2) is 93.5 Å². The maximum atomic E-state index is 13.4. The summed E-state index contributed by atoms with van der Waals surface area (Å²) in [4.78, 5) is 18.7. The molecule has 138 valence electrons. The summed E-state index contributed by atoms with van der Waals surface area (Å²) < 4.78 is 1.61. The molecule has 0 fully saturated rings. The van der Waals surface area contributed by atoms with Crippen molar-refractivity contribution in [2.24, 2.45) is 4.99 Å². The Kier molecular flexibility index (Phi) is 4.75. The van der Waals surface area contributed by atoms with Gasteiger partial charge in [0.15, 0.2) is 0 Å². The second-order valence-corrected chi connectivity index (χ2v) is 6.88. The molecule has 4 rings (SSSR count). The maximum Gasteiger partial charge on any atom is 0.268 e. The Labute approximate surface area is 167 Å². The van der Waals surface area contributed by atoms with Crippen LogP contribution in [0.2, 0.25) is 0 Å². The van der Waals surface area contributed by atoms with E-state index in [2.05, 4.69) is 17.6 Å². The number of aromatic nitrogens is 1. The minimum atomic E-state index is -0.319. The van der Waals surface area contributed by atoms with Gasteiger partial charge in [0.2, 0.25) is 0 Å². The van der Waals surface area contributed by atoms with Crippen molar-refractivity contribution in [3.05, 3.63) is 94.8 Å². The Morgan fingerprint density at radius 3 is 2.32 bits per heavy atom. The predicted molar refractivity (Wildman–Crippen MR) is 117 cm³/mol. The molecule has 0 saturated carbocycles. The first-order chi connectivity index (χ1) is 13.6. The van der Waals surface area contributed by atoms with E-state index in [0.717, 1.165) is 5.69 Å². The molecular formula is C23H18N2O2S. The Balaban J connectivity index is 2.05. The van der Waals surface area contributed by atoms with Crippen molar-refractivity contribution in [2.45, 2.75) is 11.8 Å². The molecular weight excluding hydrogens is 368 g/mol. The van der Waals surface area contributed by atoms with E-state index in [4.69, 9.17) is 0 Å². The second kappa shape index (κ2) is 7.37. The Morgan fingerprint density at radius 2 is 1.57 bits per heavy atom. The Bertz CT molecular complexity index is 1260. The van der Waals surface area contributed by atoms with Crippen LogP contribution in [0.5, 0.6) is 5.75 Å². The summed E-state index contributed by atoms with van der Waals surface area (Å²) in [6.07, 6.45) is 0. The Morgan fingerprint density at radius 1 is 0.929 bits per heavy atom. The fraction of sp³-hybridized carbons (Fsp3) is 0.0435. The second-order valence-electron chi connectivity index (χ2n) is 6.40. The fourth-order valence-corrected chi connectivity index (χ4v) is 3.49. The minimum Gasteiger partial charge on any atom is -0.506 e. The first-order valence-electron chi connectivity index (χ1n) is 8.83. The van der Waals surface area contributed by atoms with E-state index in [1.807, 2.05) is 72.8 Å². The van der Waals surface area contributed by atoms with Crippen LogP contribution in [-0.4, -0.2) is 15.4 Å². The Hall–Kier alpha value is -3.31. The monoisotopic (exact) mass is 386 g/mol. The molecule has 0 radical (unpaired) electrons. The summed E-state index contributed by atoms with van der Waals surface area (Å²) in [5.74, 6) is -0.0642. The first kappa shape index (κ1) is 18.1. The molecule has 0 amide bonds. The highest BCUT2D eigenvalue weighted by Crippen LogP contribution is 2.30. The SMILES string of the molecule is CC(=Nc1ccccc1S)c1c(O)c2ccccc2n(-c2ccccc2)c1=O. The van der Waals surface area contributed by atoms with Crippen molar-refractivity contribution in [1.82, 2.24) is 4.57 Å². The van der Waals surface area contributed by atoms with Crippen molar-refractivity contribution < 1.29 is 5.11 Å². The molecule has 0 bridgehead atoms. The van der Waals surface area contributed by atoms with Gasteiger partial charge in [-0.1, -0.05) is 42.5 Å². The summed E-state index contributed by atoms with van der Waals surface area (Å²) >= 11 is 4.42. The third kappa shape index (κ3) is 3.10. The molecule has 0 aliphatic heterocycles. The topological polar surface area (TPSA) is 54.6 Å². The average molecular weight is 386 g/mol. The van der Waals surface area contributed by atoms with Gasteiger partial charge in [0.05, 0.1) is 16.9 Å². The molecule has 0 unspecified atom stereocenters. The van der Waals surface area contributed by atoms with Gasteiger partial charge in [0.1, 0.15) is 11.3 Å². The molecule has 28 heavy (non-hydrogen) atoms. The normalized spacial score (nSPS) is 11.7. The van der Waals surface area contributed by atoms with Crippen LogP contribution in [-0.2, 0) is 0 Å². The van der Waals surface area contributed by atoms with Gasteiger partial charge >= 0.3 is 0 Å². The van der Waals surface area contributed by atoms with Crippen LogP contribution < -0.4 is 5.56 Å². The van der Waals surface area contributed by atoms with Crippen molar-refractivity contribution in [3.63, 3.8) is 0 Å². The number of benzene rings is 3. The standard InChI is InChI=1S/C23H18N2O2S/c1-15(24-18-12-6-8-14-20(18)28)21-22(26)17-11-5-7-13-19(17)25(23(21)27)16-9-3-2-4-10-16/h2-14,26,28H,1H3. The zero-order chi connectivity index (χ0) is 19.7. The van der Waals surface area contributed by atoms with Gasteiger partial charge in [-0.25, -0.2) is 0 Å². The van der Waals surface area contributed by atoms with Crippen LogP contribution in [0.25, 0.3) is 16.6 Å². The third-order valence-corrected chi connectivity index (χ3v) is 4.98. The summed E-state index contributed by atoms with van der Waals surface area (Å²) in [5, 5.41) is 11.5. The number of fused-ring (bicyclic) bond motifs is 1. The quantitative estimate of drug-likeness (QED) is 0.379. The van der Waals surface area contributed by atoms with Crippen molar-refractivity contribution >= 4 is 34.9 Å². The van der Waals surface area contributed by atoms with Crippen LogP contribution >= 0.6 is 12.6 Å². The zero-order valence-electron chi connectivity index (χ0n) is 15.2. The lowest BCUT2D eigenvalue weighted by Crippen LogP contribution is -2.25. The molecule has 3 aromatic carbocycles. The van der Waals surface area contributed by atoms with Crippen molar-refractivity contribution in [3.8, 4) is 11.4 Å². The highest BCUT2D eigenvalue weighted by molar-refractivity contribution is 7.80. The van der Waals surface area contributed by atoms with Gasteiger partial charge in [-0.3, -0.25) is 14.4 Å². The average Bonchev–Trinajstić information content (AvgIpc) is 2.71. The first-order valence-corrected chi connectivity index (χ1v) is 9.28. The van der Waals surface area contributed by atoms with Crippen LogP contribution in [0.3, 0.4) is 0 Å². The summed E-state index contributed by atoms with van der Waals surface area (Å²) in [7, 11) is 0. The van der Waals surface area contributed by atoms with E-state index in [9.17, 15) is 9.90 Å². The molecule has 1 heterocycles. The lowest BCUT2D eigenvalue weighted by atomic mass is 10.1. The van der Waals surface area contributed by atoms with Crippen LogP contribution in [0.1, 0.15) is 12.5 Å². The lowest BCUT2D eigenvalue weighted by Gasteiger charge is -2.15. The molecule has 1 N–H and O–H groups in total. The number of pyridine rings is 1. The number of rotatable bonds is 3. The molecule has 5 heteroatoms. The van der Waals surface area contributed by atoms with E-state index in [-0.39, 0.29) is 16.9 Å². The third-order valence-electron chi connectivity index (χ3n) is 4.60. The molecule has 0 spiro atoms. The van der Waals surface area contributed by atoms with Gasteiger partial charge in [-0.15, -0.1) is 12.6 Å². The number of hydrogen-bond donors (Lipinski definition) is 2. The fourth-order valence-electron chi connectivity index (χ4n) is 3.28. The number of hydrogen-bond acceptors (Lipinski definition) is 4. The number of para-hydroxylation sites is 3. The largest absolute Gasteiger partial charge is 0.506 e. The molecule has 1 aromatic heterocycles. The van der Waals surface area contributed by atoms with E-state index in [1.165, 1.54) is 0 Å². The zero-order valence-corrected chi connectivity index (χ0v) is 16.1. The molecule has 0 aliphatic carbocycles. The smallest absolute Gasteiger partial charge is 0.268 e. The van der Waals surface area contributed by atoms with Crippen molar-refractivity contribution in [1.29, 1.82) is 0 Å². The van der Waals surface area contributed by atoms with Gasteiger partial charge in [-0.05, 0) is 43.3 Å². The predicted octanol–water partition coefficient (Wildman–Crippen LogP) is 5.13. The molecule has 0 aliphatic rings. The number of thiol groups is 1. The van der Waals surface area contributed by atoms with E-state index < -0.39 is 0 Å². The number of aliphatic imine (C=N–C) groups is 1. The van der Waals surface area contributed by atoms with Gasteiger partial charge in [-0.2, -0.15) is 0 Å². The number of nitrogens with zero attached hydrogens (tertiary/aromatic N) is 2. The van der Waals surface area contributed by atoms with Crippen LogP contribution in [0.4, 0.5) is 5.69 Å². The summed E-state index contributed by atoms with van der Waals surface area (Å²) in [6, 6.07) is 24.1. The summed E-state index contributed by atoms with van der Waals surface area (Å²) in [5.41, 5.74) is 2.30. The van der Waals surface area contributed by atoms with Crippen molar-refractivity contribution in [2.75, 3.05) is 0 Å². The molecule has 0 atom stereocenters.